The average Bonchev–Trinajstić information content (AvgIpc) is 2.47. The zero-order valence-electron chi connectivity index (χ0n) is 12.9. The second-order valence-electron chi connectivity index (χ2n) is 6.00. The van der Waals surface area contributed by atoms with Crippen LogP contribution in [0.4, 0.5) is 0 Å². The van der Waals surface area contributed by atoms with Crippen LogP contribution in [0.5, 0.6) is 0 Å². The van der Waals surface area contributed by atoms with Gasteiger partial charge in [0.2, 0.25) is 0 Å². The maximum absolute atomic E-state index is 6.07. The first kappa shape index (κ1) is 15.8. The number of piperidine rings is 1. The van der Waals surface area contributed by atoms with Gasteiger partial charge in [0.1, 0.15) is 0 Å². The van der Waals surface area contributed by atoms with Gasteiger partial charge in [-0.3, -0.25) is 0 Å². The van der Waals surface area contributed by atoms with Gasteiger partial charge in [-0.1, -0.05) is 30.7 Å². The van der Waals surface area contributed by atoms with E-state index in [4.69, 9.17) is 11.6 Å². The molecule has 1 aromatic carbocycles. The molecule has 0 saturated carbocycles. The Morgan fingerprint density at radius 3 is 2.60 bits per heavy atom. The largest absolute Gasteiger partial charge is 0.307 e. The minimum absolute atomic E-state index is 0.355. The lowest BCUT2D eigenvalue weighted by Crippen LogP contribution is -2.42. The van der Waals surface area contributed by atoms with Gasteiger partial charge in [0.15, 0.2) is 0 Å². The molecule has 0 bridgehead atoms. The summed E-state index contributed by atoms with van der Waals surface area (Å²) < 4.78 is 0. The van der Waals surface area contributed by atoms with E-state index in [1.54, 1.807) is 0 Å². The standard InChI is InChI=1S/C17H27ClN2/c1-4-20-10-8-15(9-11-20)13(2)19-14(3)16-6-5-7-17(18)12-16/h5-7,12-15,19H,4,8-11H2,1-3H3/t13?,14-/m0/s1. The lowest BCUT2D eigenvalue weighted by atomic mass is 9.89. The molecule has 1 fully saturated rings. The van der Waals surface area contributed by atoms with Gasteiger partial charge in [-0.15, -0.1) is 0 Å². The normalized spacial score (nSPS) is 20.8. The zero-order chi connectivity index (χ0) is 14.5. The molecule has 0 spiro atoms. The Kier molecular flexibility index (Phi) is 5.88. The molecule has 1 unspecified atom stereocenters. The Bertz CT molecular complexity index is 413. The molecule has 2 rings (SSSR count). The van der Waals surface area contributed by atoms with Crippen molar-refractivity contribution < 1.29 is 0 Å². The first-order chi connectivity index (χ1) is 9.60. The van der Waals surface area contributed by atoms with E-state index in [9.17, 15) is 0 Å². The van der Waals surface area contributed by atoms with Gasteiger partial charge in [0, 0.05) is 17.1 Å². The molecule has 1 saturated heterocycles. The molecule has 1 aliphatic heterocycles. The van der Waals surface area contributed by atoms with Gasteiger partial charge >= 0.3 is 0 Å². The lowest BCUT2D eigenvalue weighted by molar-refractivity contribution is 0.165. The van der Waals surface area contributed by atoms with Gasteiger partial charge in [0.05, 0.1) is 0 Å². The maximum atomic E-state index is 6.07. The van der Waals surface area contributed by atoms with Crippen molar-refractivity contribution in [3.8, 4) is 0 Å². The summed E-state index contributed by atoms with van der Waals surface area (Å²) >= 11 is 6.07. The number of rotatable bonds is 5. The highest BCUT2D eigenvalue weighted by Crippen LogP contribution is 2.23. The van der Waals surface area contributed by atoms with Crippen molar-refractivity contribution in [2.45, 2.75) is 45.7 Å². The van der Waals surface area contributed by atoms with Crippen LogP contribution in [0.3, 0.4) is 0 Å². The van der Waals surface area contributed by atoms with Gasteiger partial charge in [-0.25, -0.2) is 0 Å². The van der Waals surface area contributed by atoms with Crippen molar-refractivity contribution in [1.29, 1.82) is 0 Å². The van der Waals surface area contributed by atoms with Crippen molar-refractivity contribution in [3.63, 3.8) is 0 Å². The molecule has 2 nitrogen and oxygen atoms in total. The molecule has 20 heavy (non-hydrogen) atoms. The monoisotopic (exact) mass is 294 g/mol. The fourth-order valence-corrected chi connectivity index (χ4v) is 3.37. The summed E-state index contributed by atoms with van der Waals surface area (Å²) in [6.07, 6.45) is 2.62. The fraction of sp³-hybridized carbons (Fsp3) is 0.647. The van der Waals surface area contributed by atoms with Crippen LogP contribution in [-0.2, 0) is 0 Å². The van der Waals surface area contributed by atoms with Crippen molar-refractivity contribution in [1.82, 2.24) is 10.2 Å². The Balaban J connectivity index is 1.86. The molecule has 1 heterocycles. The Morgan fingerprint density at radius 1 is 1.30 bits per heavy atom. The first-order valence-corrected chi connectivity index (χ1v) is 8.21. The maximum Gasteiger partial charge on any atom is 0.0409 e. The summed E-state index contributed by atoms with van der Waals surface area (Å²) in [4.78, 5) is 2.55. The quantitative estimate of drug-likeness (QED) is 0.879. The Morgan fingerprint density at radius 2 is 2.00 bits per heavy atom. The third-order valence-electron chi connectivity index (χ3n) is 4.65. The van der Waals surface area contributed by atoms with Gasteiger partial charge in [-0.05, 0) is 69.9 Å². The molecule has 1 aromatic rings. The second kappa shape index (κ2) is 7.44. The highest BCUT2D eigenvalue weighted by Gasteiger charge is 2.24. The number of halogens is 1. The van der Waals surface area contributed by atoms with Crippen LogP contribution in [0.2, 0.25) is 5.02 Å². The van der Waals surface area contributed by atoms with Crippen LogP contribution in [0.15, 0.2) is 24.3 Å². The third kappa shape index (κ3) is 4.21. The molecule has 0 aromatic heterocycles. The lowest BCUT2D eigenvalue weighted by Gasteiger charge is -2.35. The Hall–Kier alpha value is -0.570. The fourth-order valence-electron chi connectivity index (χ4n) is 3.17. The van der Waals surface area contributed by atoms with Crippen LogP contribution in [-0.4, -0.2) is 30.6 Å². The van der Waals surface area contributed by atoms with Gasteiger partial charge in [-0.2, -0.15) is 0 Å². The minimum atomic E-state index is 0.355. The van der Waals surface area contributed by atoms with E-state index in [2.05, 4.69) is 43.1 Å². The first-order valence-electron chi connectivity index (χ1n) is 7.84. The molecule has 1 N–H and O–H groups in total. The smallest absolute Gasteiger partial charge is 0.0409 e. The molecule has 0 aliphatic carbocycles. The number of benzene rings is 1. The molecule has 0 amide bonds. The minimum Gasteiger partial charge on any atom is -0.307 e. The molecule has 112 valence electrons. The summed E-state index contributed by atoms with van der Waals surface area (Å²) in [6, 6.07) is 9.08. The van der Waals surface area contributed by atoms with E-state index in [0.29, 0.717) is 12.1 Å². The topological polar surface area (TPSA) is 15.3 Å². The summed E-state index contributed by atoms with van der Waals surface area (Å²) in [5.41, 5.74) is 1.27. The van der Waals surface area contributed by atoms with Crippen LogP contribution in [0, 0.1) is 5.92 Å². The van der Waals surface area contributed by atoms with Gasteiger partial charge < -0.3 is 10.2 Å². The second-order valence-corrected chi connectivity index (χ2v) is 6.44. The summed E-state index contributed by atoms with van der Waals surface area (Å²) in [5, 5.41) is 4.57. The van der Waals surface area contributed by atoms with Crippen molar-refractivity contribution in [2.75, 3.05) is 19.6 Å². The summed E-state index contributed by atoms with van der Waals surface area (Å²) in [7, 11) is 0. The molecular weight excluding hydrogens is 268 g/mol. The predicted octanol–water partition coefficient (Wildman–Crippen LogP) is 4.11. The third-order valence-corrected chi connectivity index (χ3v) is 4.88. The number of hydrogen-bond donors (Lipinski definition) is 1. The molecular formula is C17H27ClN2. The van der Waals surface area contributed by atoms with Crippen molar-refractivity contribution in [3.05, 3.63) is 34.9 Å². The average molecular weight is 295 g/mol. The van der Waals surface area contributed by atoms with Crippen LogP contribution in [0.1, 0.15) is 45.2 Å². The number of nitrogens with zero attached hydrogens (tertiary/aromatic N) is 1. The number of nitrogens with one attached hydrogen (secondary N) is 1. The van der Waals surface area contributed by atoms with E-state index < -0.39 is 0 Å². The van der Waals surface area contributed by atoms with Gasteiger partial charge in [0.25, 0.3) is 0 Å². The van der Waals surface area contributed by atoms with Crippen LogP contribution >= 0.6 is 11.6 Å². The van der Waals surface area contributed by atoms with Crippen molar-refractivity contribution >= 4 is 11.6 Å². The molecule has 2 atom stereocenters. The predicted molar refractivity (Wildman–Crippen MR) is 87.3 cm³/mol. The highest BCUT2D eigenvalue weighted by atomic mass is 35.5. The van der Waals surface area contributed by atoms with Crippen LogP contribution < -0.4 is 5.32 Å². The van der Waals surface area contributed by atoms with E-state index in [1.165, 1.54) is 38.0 Å². The summed E-state index contributed by atoms with van der Waals surface area (Å²) in [6.45, 7) is 10.5. The number of likely N-dealkylation sites (tertiary alicyclic amines) is 1. The SMILES string of the molecule is CCN1CCC(C(C)N[C@@H](C)c2cccc(Cl)c2)CC1. The van der Waals surface area contributed by atoms with E-state index >= 15 is 0 Å². The summed E-state index contributed by atoms with van der Waals surface area (Å²) in [5.74, 6) is 0.791. The van der Waals surface area contributed by atoms with E-state index in [1.807, 2.05) is 12.1 Å². The van der Waals surface area contributed by atoms with E-state index in [-0.39, 0.29) is 0 Å². The zero-order valence-corrected chi connectivity index (χ0v) is 13.7. The number of hydrogen-bond acceptors (Lipinski definition) is 2. The van der Waals surface area contributed by atoms with E-state index in [0.717, 1.165) is 10.9 Å². The molecule has 3 heteroatoms. The molecule has 0 radical (unpaired) electrons. The highest BCUT2D eigenvalue weighted by molar-refractivity contribution is 6.30. The van der Waals surface area contributed by atoms with Crippen molar-refractivity contribution in [2.24, 2.45) is 5.92 Å². The van der Waals surface area contributed by atoms with Crippen LogP contribution in [0.25, 0.3) is 0 Å². The molecule has 1 aliphatic rings. The Labute approximate surface area is 128 Å².